The van der Waals surface area contributed by atoms with Crippen LogP contribution in [0.15, 0.2) is 65.1 Å². The number of ketones is 1. The van der Waals surface area contributed by atoms with E-state index in [0.717, 1.165) is 46.3 Å². The highest BCUT2D eigenvalue weighted by molar-refractivity contribution is 6.48. The molecule has 0 radical (unpaired) electrons. The normalized spacial score (nSPS) is 17.8. The van der Waals surface area contributed by atoms with Crippen LogP contribution in [0.1, 0.15) is 92.7 Å². The molecule has 1 saturated carbocycles. The number of fused-ring (bicyclic) bond motifs is 1. The van der Waals surface area contributed by atoms with Crippen LogP contribution >= 0.6 is 0 Å². The van der Waals surface area contributed by atoms with E-state index in [1.807, 2.05) is 58.9 Å². The standard InChI is InChI=1S/C37H43BN2O5/c1-22-9-11-26(12-10-22)34-33(35(42)39-7)29-20-28(24-13-14-24)31(21-32(29)43-34)40(8)27-17-15-25(16-18-27)30(19-23(2)41)38-44-36(3,4)37(5,6)45-38/h9-12,15-18,20-21,24,30H,13-14,19H2,1-8H3,(H,39,42). The summed E-state index contributed by atoms with van der Waals surface area (Å²) in [6, 6.07) is 20.6. The lowest BCUT2D eigenvalue weighted by molar-refractivity contribution is -0.117. The van der Waals surface area contributed by atoms with E-state index in [1.165, 1.54) is 5.56 Å². The third-order valence-corrected chi connectivity index (χ3v) is 9.80. The molecule has 1 unspecified atom stereocenters. The Bertz CT molecular complexity index is 1740. The van der Waals surface area contributed by atoms with E-state index < -0.39 is 18.3 Å². The first-order valence-corrected chi connectivity index (χ1v) is 15.9. The van der Waals surface area contributed by atoms with Gasteiger partial charge in [-0.15, -0.1) is 0 Å². The molecule has 4 aromatic rings. The van der Waals surface area contributed by atoms with Crippen molar-refractivity contribution >= 4 is 41.2 Å². The summed E-state index contributed by atoms with van der Waals surface area (Å²) in [5.74, 6) is 0.731. The fraction of sp³-hybridized carbons (Fsp3) is 0.405. The molecule has 1 aromatic heterocycles. The Labute approximate surface area is 266 Å². The second kappa shape index (κ2) is 11.5. The minimum absolute atomic E-state index is 0.0952. The maximum Gasteiger partial charge on any atom is 0.466 e. The molecular weight excluding hydrogens is 563 g/mol. The summed E-state index contributed by atoms with van der Waals surface area (Å²) in [6.07, 6.45) is 2.57. The molecule has 2 aliphatic rings. The highest BCUT2D eigenvalue weighted by atomic mass is 16.7. The molecule has 1 amide bonds. The van der Waals surface area contributed by atoms with E-state index in [4.69, 9.17) is 13.7 Å². The Morgan fingerprint density at radius 2 is 1.60 bits per heavy atom. The SMILES string of the molecule is CNC(=O)c1c(-c2ccc(C)cc2)oc2cc(N(C)c3ccc(C(CC(C)=O)B4OC(C)(C)C(C)(C)O4)cc3)c(C3CC3)cc12. The molecule has 3 aromatic carbocycles. The van der Waals surface area contributed by atoms with E-state index in [9.17, 15) is 9.59 Å². The fourth-order valence-corrected chi connectivity index (χ4v) is 6.24. The van der Waals surface area contributed by atoms with Gasteiger partial charge in [0.2, 0.25) is 0 Å². The molecular formula is C37H43BN2O5. The largest absolute Gasteiger partial charge is 0.466 e. The molecule has 2 heterocycles. The molecule has 2 fully saturated rings. The minimum Gasteiger partial charge on any atom is -0.455 e. The Balaban J connectivity index is 1.37. The van der Waals surface area contributed by atoms with Crippen LogP contribution in [-0.2, 0) is 14.1 Å². The Morgan fingerprint density at radius 1 is 0.978 bits per heavy atom. The third kappa shape index (κ3) is 5.82. The summed E-state index contributed by atoms with van der Waals surface area (Å²) in [5, 5.41) is 3.64. The van der Waals surface area contributed by atoms with Crippen LogP contribution in [0.5, 0.6) is 0 Å². The zero-order chi connectivity index (χ0) is 32.3. The lowest BCUT2D eigenvalue weighted by Gasteiger charge is -2.32. The third-order valence-electron chi connectivity index (χ3n) is 9.80. The minimum atomic E-state index is -0.512. The Kier molecular flexibility index (Phi) is 7.94. The van der Waals surface area contributed by atoms with Crippen LogP contribution in [0.4, 0.5) is 11.4 Å². The van der Waals surface area contributed by atoms with Crippen molar-refractivity contribution in [3.63, 3.8) is 0 Å². The molecule has 1 N–H and O–H groups in total. The molecule has 1 atom stereocenters. The molecule has 0 bridgehead atoms. The zero-order valence-corrected chi connectivity index (χ0v) is 27.6. The number of benzene rings is 3. The highest BCUT2D eigenvalue weighted by Crippen LogP contribution is 2.49. The van der Waals surface area contributed by atoms with Gasteiger partial charge >= 0.3 is 7.12 Å². The van der Waals surface area contributed by atoms with E-state index in [0.29, 0.717) is 29.2 Å². The smallest absolute Gasteiger partial charge is 0.455 e. The molecule has 0 spiro atoms. The van der Waals surface area contributed by atoms with Crippen molar-refractivity contribution in [1.82, 2.24) is 5.32 Å². The van der Waals surface area contributed by atoms with Gasteiger partial charge in [-0.05, 0) is 89.6 Å². The highest BCUT2D eigenvalue weighted by Gasteiger charge is 2.54. The predicted molar refractivity (Wildman–Crippen MR) is 180 cm³/mol. The monoisotopic (exact) mass is 606 g/mol. The summed E-state index contributed by atoms with van der Waals surface area (Å²) < 4.78 is 19.2. The number of amides is 1. The van der Waals surface area contributed by atoms with Gasteiger partial charge in [0.15, 0.2) is 0 Å². The number of aryl methyl sites for hydroxylation is 1. The molecule has 45 heavy (non-hydrogen) atoms. The summed E-state index contributed by atoms with van der Waals surface area (Å²) in [6.45, 7) is 11.8. The molecule has 8 heteroatoms. The van der Waals surface area contributed by atoms with E-state index >= 15 is 0 Å². The van der Waals surface area contributed by atoms with Crippen LogP contribution in [0.2, 0.25) is 0 Å². The topological polar surface area (TPSA) is 81.0 Å². The molecule has 6 rings (SSSR count). The lowest BCUT2D eigenvalue weighted by Crippen LogP contribution is -2.41. The van der Waals surface area contributed by atoms with Crippen LogP contribution in [0.3, 0.4) is 0 Å². The summed E-state index contributed by atoms with van der Waals surface area (Å²) >= 11 is 0. The number of Topliss-reactive ketones (excluding diaryl/α,β-unsaturated/α-hetero) is 1. The number of nitrogens with one attached hydrogen (secondary N) is 1. The number of hydrogen-bond donors (Lipinski definition) is 1. The van der Waals surface area contributed by atoms with E-state index in [2.05, 4.69) is 53.7 Å². The van der Waals surface area contributed by atoms with Crippen LogP contribution in [0, 0.1) is 6.92 Å². The average Bonchev–Trinajstić information content (AvgIpc) is 3.74. The molecule has 7 nitrogen and oxygen atoms in total. The average molecular weight is 607 g/mol. The first-order valence-electron chi connectivity index (χ1n) is 15.9. The summed E-state index contributed by atoms with van der Waals surface area (Å²) in [4.78, 5) is 27.7. The number of furan rings is 1. The van der Waals surface area contributed by atoms with Crippen LogP contribution < -0.4 is 10.2 Å². The van der Waals surface area contributed by atoms with Gasteiger partial charge in [0, 0.05) is 54.7 Å². The van der Waals surface area contributed by atoms with Crippen molar-refractivity contribution in [2.24, 2.45) is 0 Å². The first kappa shape index (κ1) is 31.1. The number of carbonyl (C=O) groups excluding carboxylic acids is 2. The lowest BCUT2D eigenvalue weighted by atomic mass is 9.65. The quantitative estimate of drug-likeness (QED) is 0.194. The summed E-state index contributed by atoms with van der Waals surface area (Å²) in [5.41, 5.74) is 6.57. The molecule has 1 saturated heterocycles. The Hall–Kier alpha value is -3.88. The van der Waals surface area contributed by atoms with Gasteiger partial charge in [-0.2, -0.15) is 0 Å². The fourth-order valence-electron chi connectivity index (χ4n) is 6.24. The van der Waals surface area contributed by atoms with Gasteiger partial charge in [-0.25, -0.2) is 0 Å². The van der Waals surface area contributed by atoms with Crippen molar-refractivity contribution in [2.45, 2.75) is 83.7 Å². The van der Waals surface area contributed by atoms with Crippen molar-refractivity contribution < 1.29 is 23.3 Å². The van der Waals surface area contributed by atoms with Crippen molar-refractivity contribution in [3.8, 4) is 11.3 Å². The predicted octanol–water partition coefficient (Wildman–Crippen LogP) is 8.11. The van der Waals surface area contributed by atoms with Gasteiger partial charge in [-0.1, -0.05) is 42.0 Å². The Morgan fingerprint density at radius 3 is 2.16 bits per heavy atom. The van der Waals surface area contributed by atoms with Gasteiger partial charge in [-0.3, -0.25) is 4.79 Å². The van der Waals surface area contributed by atoms with Crippen molar-refractivity contribution in [1.29, 1.82) is 0 Å². The van der Waals surface area contributed by atoms with Crippen LogP contribution in [0.25, 0.3) is 22.3 Å². The number of anilines is 2. The van der Waals surface area contributed by atoms with E-state index in [-0.39, 0.29) is 17.5 Å². The molecule has 1 aliphatic heterocycles. The van der Waals surface area contributed by atoms with Crippen molar-refractivity contribution in [3.05, 3.63) is 82.9 Å². The van der Waals surface area contributed by atoms with Gasteiger partial charge in [0.05, 0.1) is 16.8 Å². The number of hydrogen-bond acceptors (Lipinski definition) is 6. The zero-order valence-electron chi connectivity index (χ0n) is 27.6. The number of rotatable bonds is 9. The second-order valence-corrected chi connectivity index (χ2v) is 13.7. The van der Waals surface area contributed by atoms with Crippen LogP contribution in [-0.4, -0.2) is 44.1 Å². The van der Waals surface area contributed by atoms with Gasteiger partial charge < -0.3 is 28.7 Å². The van der Waals surface area contributed by atoms with Gasteiger partial charge in [0.1, 0.15) is 17.1 Å². The number of nitrogens with zero attached hydrogens (tertiary/aromatic N) is 1. The molecule has 1 aliphatic carbocycles. The van der Waals surface area contributed by atoms with Crippen molar-refractivity contribution in [2.75, 3.05) is 19.0 Å². The molecule has 234 valence electrons. The summed E-state index contributed by atoms with van der Waals surface area (Å²) in [7, 11) is 3.20. The second-order valence-electron chi connectivity index (χ2n) is 13.7. The first-order chi connectivity index (χ1) is 21.3. The van der Waals surface area contributed by atoms with E-state index in [1.54, 1.807) is 14.0 Å². The number of carbonyl (C=O) groups is 2. The maximum absolute atomic E-state index is 13.2. The van der Waals surface area contributed by atoms with Gasteiger partial charge in [0.25, 0.3) is 5.91 Å². The maximum atomic E-state index is 13.2.